The summed E-state index contributed by atoms with van der Waals surface area (Å²) in [6, 6.07) is 5.18. The van der Waals surface area contributed by atoms with Gasteiger partial charge in [0.1, 0.15) is 11.5 Å². The molecule has 0 aliphatic rings. The normalized spacial score (nSPS) is 10.0. The zero-order chi connectivity index (χ0) is 12.3. The summed E-state index contributed by atoms with van der Waals surface area (Å²) in [5, 5.41) is 15.3. The first kappa shape index (κ1) is 11.0. The molecule has 2 heterocycles. The Morgan fingerprint density at radius 1 is 1.41 bits per heavy atom. The average molecular weight is 233 g/mol. The van der Waals surface area contributed by atoms with Gasteiger partial charge in [-0.25, -0.2) is 4.98 Å². The predicted octanol–water partition coefficient (Wildman–Crippen LogP) is -0.0870. The van der Waals surface area contributed by atoms with Gasteiger partial charge in [-0.1, -0.05) is 11.2 Å². The van der Waals surface area contributed by atoms with Gasteiger partial charge >= 0.3 is 0 Å². The monoisotopic (exact) mass is 233 g/mol. The van der Waals surface area contributed by atoms with E-state index in [0.29, 0.717) is 11.5 Å². The lowest BCUT2D eigenvalue weighted by atomic mass is 10.3. The summed E-state index contributed by atoms with van der Waals surface area (Å²) in [5.74, 6) is 0.438. The number of tetrazole rings is 1. The molecule has 2 rings (SSSR count). The number of aromatic amines is 1. The van der Waals surface area contributed by atoms with E-state index in [9.17, 15) is 4.79 Å². The molecule has 0 aliphatic carbocycles. The van der Waals surface area contributed by atoms with Gasteiger partial charge in [-0.2, -0.15) is 5.21 Å². The predicted molar refractivity (Wildman–Crippen MR) is 60.7 cm³/mol. The number of carbonyl (C=O) groups is 1. The van der Waals surface area contributed by atoms with Crippen LogP contribution in [0.5, 0.6) is 0 Å². The molecular weight excluding hydrogens is 222 g/mol. The Labute approximate surface area is 97.0 Å². The molecule has 2 aromatic rings. The van der Waals surface area contributed by atoms with Crippen molar-refractivity contribution in [3.05, 3.63) is 23.9 Å². The first-order valence-corrected chi connectivity index (χ1v) is 4.86. The molecule has 0 fully saturated rings. The summed E-state index contributed by atoms with van der Waals surface area (Å²) >= 11 is 0. The van der Waals surface area contributed by atoms with E-state index in [2.05, 4.69) is 30.9 Å². The molecule has 0 saturated carbocycles. The third kappa shape index (κ3) is 2.54. The molecule has 17 heavy (non-hydrogen) atoms. The number of hydrogen-bond acceptors (Lipinski definition) is 6. The van der Waals surface area contributed by atoms with Crippen molar-refractivity contribution in [3.63, 3.8) is 0 Å². The number of H-pyrrole nitrogens is 1. The van der Waals surface area contributed by atoms with E-state index in [1.807, 2.05) is 25.1 Å². The number of pyridine rings is 1. The molecule has 88 valence electrons. The molecule has 2 aromatic heterocycles. The highest BCUT2D eigenvalue weighted by atomic mass is 16.2. The second kappa shape index (κ2) is 4.56. The minimum absolute atomic E-state index is 0.118. The van der Waals surface area contributed by atoms with Crippen molar-refractivity contribution in [3.8, 4) is 0 Å². The molecule has 0 spiro atoms. The second-order valence-electron chi connectivity index (χ2n) is 3.46. The van der Waals surface area contributed by atoms with Gasteiger partial charge in [0.2, 0.25) is 0 Å². The minimum Gasteiger partial charge on any atom is -0.363 e. The summed E-state index contributed by atoms with van der Waals surface area (Å²) in [4.78, 5) is 17.8. The van der Waals surface area contributed by atoms with Crippen molar-refractivity contribution in [1.29, 1.82) is 0 Å². The zero-order valence-corrected chi connectivity index (χ0v) is 9.38. The molecule has 8 heteroatoms. The maximum Gasteiger partial charge on any atom is 0.276 e. The van der Waals surface area contributed by atoms with E-state index in [-0.39, 0.29) is 11.9 Å². The number of amides is 1. The Balaban J connectivity index is 2.16. The van der Waals surface area contributed by atoms with Gasteiger partial charge < -0.3 is 4.90 Å². The summed E-state index contributed by atoms with van der Waals surface area (Å²) in [7, 11) is 3.70. The lowest BCUT2D eigenvalue weighted by Gasteiger charge is -2.11. The zero-order valence-electron chi connectivity index (χ0n) is 9.38. The van der Waals surface area contributed by atoms with E-state index in [0.717, 1.165) is 0 Å². The highest BCUT2D eigenvalue weighted by Crippen LogP contribution is 2.08. The molecular formula is C9H11N7O. The first-order chi connectivity index (χ1) is 8.16. The highest BCUT2D eigenvalue weighted by molar-refractivity contribution is 6.01. The smallest absolute Gasteiger partial charge is 0.276 e. The van der Waals surface area contributed by atoms with Gasteiger partial charge in [-0.15, -0.1) is 5.10 Å². The van der Waals surface area contributed by atoms with E-state index < -0.39 is 0 Å². The molecule has 0 unspecified atom stereocenters. The summed E-state index contributed by atoms with van der Waals surface area (Å²) in [5.41, 5.74) is 0.293. The standard InChI is InChI=1S/C9H11N7O/c1-16(2)7-5-3-4-6(10-7)8(17)11-9-12-14-15-13-9/h3-5H,1-2H3,(H2,11,12,13,14,15,17). The van der Waals surface area contributed by atoms with Crippen LogP contribution >= 0.6 is 0 Å². The quantitative estimate of drug-likeness (QED) is 0.768. The van der Waals surface area contributed by atoms with Crippen LogP contribution in [-0.2, 0) is 0 Å². The van der Waals surface area contributed by atoms with Crippen LogP contribution in [-0.4, -0.2) is 45.6 Å². The number of anilines is 2. The Bertz CT molecular complexity index is 508. The van der Waals surface area contributed by atoms with Gasteiger partial charge in [0.15, 0.2) is 0 Å². The Morgan fingerprint density at radius 3 is 2.88 bits per heavy atom. The third-order valence-corrected chi connectivity index (χ3v) is 2.00. The molecule has 0 aliphatic heterocycles. The molecule has 0 bridgehead atoms. The molecule has 0 aromatic carbocycles. The van der Waals surface area contributed by atoms with Crippen molar-refractivity contribution in [2.75, 3.05) is 24.3 Å². The maximum absolute atomic E-state index is 11.8. The molecule has 8 nitrogen and oxygen atoms in total. The lowest BCUT2D eigenvalue weighted by molar-refractivity contribution is 0.102. The molecule has 0 radical (unpaired) electrons. The first-order valence-electron chi connectivity index (χ1n) is 4.86. The van der Waals surface area contributed by atoms with Gasteiger partial charge in [0.05, 0.1) is 0 Å². The lowest BCUT2D eigenvalue weighted by Crippen LogP contribution is -2.17. The Hall–Kier alpha value is -2.51. The molecule has 0 atom stereocenters. The highest BCUT2D eigenvalue weighted by Gasteiger charge is 2.10. The van der Waals surface area contributed by atoms with Crippen molar-refractivity contribution in [1.82, 2.24) is 25.6 Å². The van der Waals surface area contributed by atoms with Gasteiger partial charge in [0, 0.05) is 14.1 Å². The number of nitrogens with one attached hydrogen (secondary N) is 2. The van der Waals surface area contributed by atoms with Gasteiger partial charge in [-0.3, -0.25) is 10.1 Å². The third-order valence-electron chi connectivity index (χ3n) is 2.00. The number of carbonyl (C=O) groups excluding carboxylic acids is 1. The van der Waals surface area contributed by atoms with Crippen LogP contribution in [0.15, 0.2) is 18.2 Å². The van der Waals surface area contributed by atoms with E-state index >= 15 is 0 Å². The number of hydrogen-bond donors (Lipinski definition) is 2. The van der Waals surface area contributed by atoms with Crippen LogP contribution in [0.3, 0.4) is 0 Å². The fourth-order valence-electron chi connectivity index (χ4n) is 1.18. The maximum atomic E-state index is 11.8. The van der Waals surface area contributed by atoms with Crippen molar-refractivity contribution < 1.29 is 4.79 Å². The summed E-state index contributed by atoms with van der Waals surface area (Å²) in [6.07, 6.45) is 0. The number of aromatic nitrogens is 5. The fraction of sp³-hybridized carbons (Fsp3) is 0.222. The van der Waals surface area contributed by atoms with E-state index in [1.165, 1.54) is 0 Å². The SMILES string of the molecule is CN(C)c1cccc(C(=O)Nc2nn[nH]n2)n1. The van der Waals surface area contributed by atoms with Crippen LogP contribution in [0.4, 0.5) is 11.8 Å². The van der Waals surface area contributed by atoms with E-state index in [1.54, 1.807) is 12.1 Å². The van der Waals surface area contributed by atoms with E-state index in [4.69, 9.17) is 0 Å². The van der Waals surface area contributed by atoms with Gasteiger partial charge in [0.25, 0.3) is 11.9 Å². The fourth-order valence-corrected chi connectivity index (χ4v) is 1.18. The summed E-state index contributed by atoms with van der Waals surface area (Å²) in [6.45, 7) is 0. The Kier molecular flexibility index (Phi) is 2.95. The largest absolute Gasteiger partial charge is 0.363 e. The van der Waals surface area contributed by atoms with Gasteiger partial charge in [-0.05, 0) is 17.3 Å². The second-order valence-corrected chi connectivity index (χ2v) is 3.46. The van der Waals surface area contributed by atoms with Crippen molar-refractivity contribution in [2.24, 2.45) is 0 Å². The van der Waals surface area contributed by atoms with Crippen molar-refractivity contribution in [2.45, 2.75) is 0 Å². The Morgan fingerprint density at radius 2 is 2.24 bits per heavy atom. The summed E-state index contributed by atoms with van der Waals surface area (Å²) < 4.78 is 0. The topological polar surface area (TPSA) is 99.7 Å². The number of nitrogens with zero attached hydrogens (tertiary/aromatic N) is 5. The van der Waals surface area contributed by atoms with Crippen molar-refractivity contribution >= 4 is 17.7 Å². The van der Waals surface area contributed by atoms with Crippen LogP contribution in [0, 0.1) is 0 Å². The van der Waals surface area contributed by atoms with Crippen LogP contribution < -0.4 is 10.2 Å². The van der Waals surface area contributed by atoms with Crippen LogP contribution in [0.1, 0.15) is 10.5 Å². The molecule has 2 N–H and O–H groups in total. The van der Waals surface area contributed by atoms with Crippen LogP contribution in [0.25, 0.3) is 0 Å². The number of rotatable bonds is 3. The average Bonchev–Trinajstić information content (AvgIpc) is 2.82. The molecule has 0 saturated heterocycles. The van der Waals surface area contributed by atoms with Crippen LogP contribution in [0.2, 0.25) is 0 Å². The molecule has 1 amide bonds. The minimum atomic E-state index is -0.380.